The first kappa shape index (κ1) is 17.1. The summed E-state index contributed by atoms with van der Waals surface area (Å²) in [7, 11) is 0. The van der Waals surface area contributed by atoms with Gasteiger partial charge in [0.15, 0.2) is 5.82 Å². The minimum Gasteiger partial charge on any atom is -0.308 e. The van der Waals surface area contributed by atoms with Crippen LogP contribution < -0.4 is 10.6 Å². The molecule has 0 aliphatic carbocycles. The van der Waals surface area contributed by atoms with Gasteiger partial charge in [-0.25, -0.2) is 14.8 Å². The number of aryl methyl sites for hydroxylation is 3. The van der Waals surface area contributed by atoms with E-state index in [1.54, 1.807) is 19.1 Å². The molecular formula is C18H17N7O. The highest BCUT2D eigenvalue weighted by Gasteiger charge is 2.20. The number of carbonyl (C=O) groups excluding carboxylic acids is 1. The maximum absolute atomic E-state index is 12.4. The van der Waals surface area contributed by atoms with E-state index in [4.69, 9.17) is 0 Å². The van der Waals surface area contributed by atoms with Crippen LogP contribution in [0.15, 0.2) is 36.4 Å². The lowest BCUT2D eigenvalue weighted by atomic mass is 10.2. The van der Waals surface area contributed by atoms with Crippen LogP contribution in [0.5, 0.6) is 0 Å². The smallest absolute Gasteiger partial charge is 0.308 e. The van der Waals surface area contributed by atoms with Gasteiger partial charge >= 0.3 is 6.03 Å². The van der Waals surface area contributed by atoms with Crippen molar-refractivity contribution >= 4 is 17.5 Å². The standard InChI is InChI=1S/C18H17N7O/c1-11-9-12(2)21-17(20-11)25-16(15(10-19)13(3)24-25)23-18(26)22-14-7-5-4-6-8-14/h4-9H,1-3H3,(H2,22,23,26). The number of aromatic nitrogens is 4. The molecule has 3 aromatic rings. The summed E-state index contributed by atoms with van der Waals surface area (Å²) >= 11 is 0. The van der Waals surface area contributed by atoms with Gasteiger partial charge in [-0.3, -0.25) is 5.32 Å². The normalized spacial score (nSPS) is 10.2. The van der Waals surface area contributed by atoms with E-state index in [1.165, 1.54) is 4.68 Å². The number of carbonyl (C=O) groups is 1. The lowest BCUT2D eigenvalue weighted by Crippen LogP contribution is -2.22. The van der Waals surface area contributed by atoms with Gasteiger partial charge in [0.25, 0.3) is 5.95 Å². The number of nitriles is 1. The lowest BCUT2D eigenvalue weighted by Gasteiger charge is -2.10. The van der Waals surface area contributed by atoms with Gasteiger partial charge in [-0.15, -0.1) is 0 Å². The Balaban J connectivity index is 1.98. The number of nitrogens with one attached hydrogen (secondary N) is 2. The van der Waals surface area contributed by atoms with E-state index >= 15 is 0 Å². The molecule has 0 aliphatic heterocycles. The average molecular weight is 347 g/mol. The van der Waals surface area contributed by atoms with Crippen molar-refractivity contribution in [3.8, 4) is 12.0 Å². The van der Waals surface area contributed by atoms with Crippen LogP contribution >= 0.6 is 0 Å². The largest absolute Gasteiger partial charge is 0.324 e. The van der Waals surface area contributed by atoms with Crippen molar-refractivity contribution in [3.05, 3.63) is 59.0 Å². The third-order valence-electron chi connectivity index (χ3n) is 3.60. The summed E-state index contributed by atoms with van der Waals surface area (Å²) in [6, 6.07) is 12.4. The number of hydrogen-bond acceptors (Lipinski definition) is 5. The van der Waals surface area contributed by atoms with Crippen molar-refractivity contribution in [1.82, 2.24) is 19.7 Å². The van der Waals surface area contributed by atoms with Crippen molar-refractivity contribution in [3.63, 3.8) is 0 Å². The third-order valence-corrected chi connectivity index (χ3v) is 3.60. The Bertz CT molecular complexity index is 982. The van der Waals surface area contributed by atoms with Gasteiger partial charge in [0.05, 0.1) is 5.69 Å². The van der Waals surface area contributed by atoms with Crippen LogP contribution in [0.3, 0.4) is 0 Å². The van der Waals surface area contributed by atoms with Gasteiger partial charge in [0.1, 0.15) is 11.6 Å². The quantitative estimate of drug-likeness (QED) is 0.757. The third kappa shape index (κ3) is 3.52. The van der Waals surface area contributed by atoms with Gasteiger partial charge in [0, 0.05) is 17.1 Å². The first-order chi connectivity index (χ1) is 12.5. The number of amides is 2. The maximum atomic E-state index is 12.4. The van der Waals surface area contributed by atoms with Crippen molar-refractivity contribution in [2.24, 2.45) is 0 Å². The summed E-state index contributed by atoms with van der Waals surface area (Å²) in [4.78, 5) is 21.1. The van der Waals surface area contributed by atoms with Gasteiger partial charge in [-0.1, -0.05) is 18.2 Å². The van der Waals surface area contributed by atoms with E-state index in [1.807, 2.05) is 38.1 Å². The molecule has 0 unspecified atom stereocenters. The van der Waals surface area contributed by atoms with E-state index in [2.05, 4.69) is 31.8 Å². The van der Waals surface area contributed by atoms with Crippen LogP contribution in [-0.4, -0.2) is 25.8 Å². The molecule has 0 fully saturated rings. The second kappa shape index (κ2) is 7.03. The zero-order valence-corrected chi connectivity index (χ0v) is 14.6. The molecule has 2 amide bonds. The number of benzene rings is 1. The topological polar surface area (TPSA) is 109 Å². The van der Waals surface area contributed by atoms with E-state index < -0.39 is 6.03 Å². The molecule has 2 N–H and O–H groups in total. The number of para-hydroxylation sites is 1. The SMILES string of the molecule is Cc1cc(C)nc(-n2nc(C)c(C#N)c2NC(=O)Nc2ccccc2)n1. The first-order valence-corrected chi connectivity index (χ1v) is 7.93. The van der Waals surface area contributed by atoms with Gasteiger partial charge < -0.3 is 5.32 Å². The summed E-state index contributed by atoms with van der Waals surface area (Å²) in [6.07, 6.45) is 0. The fraction of sp³-hybridized carbons (Fsp3) is 0.167. The van der Waals surface area contributed by atoms with E-state index in [0.29, 0.717) is 17.3 Å². The van der Waals surface area contributed by atoms with Crippen molar-refractivity contribution in [2.75, 3.05) is 10.6 Å². The molecule has 0 radical (unpaired) electrons. The number of hydrogen-bond donors (Lipinski definition) is 2. The fourth-order valence-electron chi connectivity index (χ4n) is 2.51. The summed E-state index contributed by atoms with van der Waals surface area (Å²) in [5.41, 5.74) is 2.90. The molecule has 0 spiro atoms. The molecular weight excluding hydrogens is 330 g/mol. The highest BCUT2D eigenvalue weighted by Crippen LogP contribution is 2.22. The Labute approximate surface area is 150 Å². The minimum absolute atomic E-state index is 0.225. The molecule has 1 aromatic carbocycles. The molecule has 2 aromatic heterocycles. The van der Waals surface area contributed by atoms with Crippen LogP contribution in [-0.2, 0) is 0 Å². The van der Waals surface area contributed by atoms with Crippen LogP contribution in [0.1, 0.15) is 22.6 Å². The zero-order chi connectivity index (χ0) is 18.7. The van der Waals surface area contributed by atoms with Crippen molar-refractivity contribution in [1.29, 1.82) is 5.26 Å². The highest BCUT2D eigenvalue weighted by atomic mass is 16.2. The molecule has 8 nitrogen and oxygen atoms in total. The first-order valence-electron chi connectivity index (χ1n) is 7.93. The number of urea groups is 1. The van der Waals surface area contributed by atoms with Crippen molar-refractivity contribution in [2.45, 2.75) is 20.8 Å². The summed E-state index contributed by atoms with van der Waals surface area (Å²) in [5, 5.41) is 19.2. The molecule has 3 rings (SSSR count). The Kier molecular flexibility index (Phi) is 4.62. The van der Waals surface area contributed by atoms with E-state index in [-0.39, 0.29) is 11.4 Å². The minimum atomic E-state index is -0.488. The van der Waals surface area contributed by atoms with Crippen LogP contribution in [0.4, 0.5) is 16.3 Å². The van der Waals surface area contributed by atoms with Crippen LogP contribution in [0.25, 0.3) is 5.95 Å². The molecule has 0 bridgehead atoms. The molecule has 0 atom stereocenters. The van der Waals surface area contributed by atoms with Gasteiger partial charge in [0.2, 0.25) is 0 Å². The van der Waals surface area contributed by atoms with Gasteiger partial charge in [-0.2, -0.15) is 15.0 Å². The molecule has 2 heterocycles. The Hall–Kier alpha value is -3.73. The maximum Gasteiger partial charge on any atom is 0.324 e. The molecule has 0 saturated heterocycles. The lowest BCUT2D eigenvalue weighted by molar-refractivity contribution is 0.262. The van der Waals surface area contributed by atoms with Crippen molar-refractivity contribution < 1.29 is 4.79 Å². The predicted molar refractivity (Wildman–Crippen MR) is 97.2 cm³/mol. The molecule has 8 heteroatoms. The number of anilines is 2. The Morgan fingerprint density at radius 1 is 1.08 bits per heavy atom. The summed E-state index contributed by atoms with van der Waals surface area (Å²) in [5.74, 6) is 0.519. The molecule has 130 valence electrons. The Morgan fingerprint density at radius 2 is 1.73 bits per heavy atom. The van der Waals surface area contributed by atoms with E-state index in [9.17, 15) is 10.1 Å². The van der Waals surface area contributed by atoms with Gasteiger partial charge in [-0.05, 0) is 39.0 Å². The summed E-state index contributed by atoms with van der Waals surface area (Å²) < 4.78 is 1.37. The number of nitrogens with zero attached hydrogens (tertiary/aromatic N) is 5. The fourth-order valence-corrected chi connectivity index (χ4v) is 2.51. The zero-order valence-electron chi connectivity index (χ0n) is 14.6. The molecule has 0 aliphatic rings. The molecule has 26 heavy (non-hydrogen) atoms. The second-order valence-electron chi connectivity index (χ2n) is 5.73. The monoisotopic (exact) mass is 347 g/mol. The Morgan fingerprint density at radius 3 is 2.35 bits per heavy atom. The molecule has 0 saturated carbocycles. The number of rotatable bonds is 3. The highest BCUT2D eigenvalue weighted by molar-refractivity contribution is 6.00. The van der Waals surface area contributed by atoms with Crippen LogP contribution in [0, 0.1) is 32.1 Å². The second-order valence-corrected chi connectivity index (χ2v) is 5.73. The average Bonchev–Trinajstić information content (AvgIpc) is 2.90. The summed E-state index contributed by atoms with van der Waals surface area (Å²) in [6.45, 7) is 5.38. The predicted octanol–water partition coefficient (Wildman–Crippen LogP) is 3.10. The van der Waals surface area contributed by atoms with Crippen LogP contribution in [0.2, 0.25) is 0 Å². The van der Waals surface area contributed by atoms with E-state index in [0.717, 1.165) is 11.4 Å².